The zero-order valence-corrected chi connectivity index (χ0v) is 14.6. The maximum Gasteiger partial charge on any atom is 0.194 e. The number of ether oxygens (including phenoxy) is 1. The summed E-state index contributed by atoms with van der Waals surface area (Å²) in [6.45, 7) is 5.06. The highest BCUT2D eigenvalue weighted by Gasteiger charge is 2.53. The Balaban J connectivity index is 1.42. The summed E-state index contributed by atoms with van der Waals surface area (Å²) in [6, 6.07) is 5.95. The number of aliphatic hydroxyl groups excluding tert-OH is 1. The highest BCUT2D eigenvalue weighted by Crippen LogP contribution is 2.47. The number of hydrogen-bond donors (Lipinski definition) is 2. The first-order valence-corrected chi connectivity index (χ1v) is 9.28. The molecule has 3 heterocycles. The number of hydrogen-bond acceptors (Lipinski definition) is 3. The van der Waals surface area contributed by atoms with Crippen LogP contribution in [-0.4, -0.2) is 54.4 Å². The van der Waals surface area contributed by atoms with Gasteiger partial charge in [-0.3, -0.25) is 4.99 Å². The van der Waals surface area contributed by atoms with E-state index in [1.165, 1.54) is 25.0 Å². The molecule has 4 rings (SSSR count). The summed E-state index contributed by atoms with van der Waals surface area (Å²) in [5.41, 5.74) is 0.686. The second-order valence-corrected chi connectivity index (χ2v) is 7.29. The summed E-state index contributed by atoms with van der Waals surface area (Å²) in [4.78, 5) is 6.95. The van der Waals surface area contributed by atoms with Crippen LogP contribution < -0.4 is 5.32 Å². The van der Waals surface area contributed by atoms with Crippen LogP contribution in [0.4, 0.5) is 4.39 Å². The van der Waals surface area contributed by atoms with Crippen LogP contribution >= 0.6 is 0 Å². The fraction of sp³-hybridized carbons (Fsp3) is 0.632. The van der Waals surface area contributed by atoms with E-state index >= 15 is 0 Å². The number of aliphatic imine (C=N–C) groups is 1. The zero-order chi connectivity index (χ0) is 17.4. The summed E-state index contributed by atoms with van der Waals surface area (Å²) in [7, 11) is 0. The Morgan fingerprint density at radius 2 is 1.92 bits per heavy atom. The Kier molecular flexibility index (Phi) is 4.65. The van der Waals surface area contributed by atoms with E-state index in [1.54, 1.807) is 12.1 Å². The smallest absolute Gasteiger partial charge is 0.194 e. The lowest BCUT2D eigenvalue weighted by Gasteiger charge is -2.23. The van der Waals surface area contributed by atoms with E-state index in [2.05, 4.69) is 22.1 Å². The standard InChI is InChI=1S/C19H26FN3O2/c1-2-21-19(22-9-16(24)12-3-5-13(20)6-4-12)23-10-14-15(11-23)18-8-7-17(14)25-18/h3-6,14-18,24H,2,7-11H2,1H3,(H,21,22). The van der Waals surface area contributed by atoms with Gasteiger partial charge in [-0.15, -0.1) is 0 Å². The zero-order valence-electron chi connectivity index (χ0n) is 14.6. The lowest BCUT2D eigenvalue weighted by Crippen LogP contribution is -2.41. The van der Waals surface area contributed by atoms with Crippen LogP contribution in [0, 0.1) is 17.7 Å². The molecule has 0 spiro atoms. The first kappa shape index (κ1) is 16.8. The molecular weight excluding hydrogens is 321 g/mol. The first-order chi connectivity index (χ1) is 12.2. The fourth-order valence-corrected chi connectivity index (χ4v) is 4.52. The molecule has 25 heavy (non-hydrogen) atoms. The van der Waals surface area contributed by atoms with E-state index in [4.69, 9.17) is 4.74 Å². The van der Waals surface area contributed by atoms with Crippen molar-refractivity contribution in [1.29, 1.82) is 0 Å². The van der Waals surface area contributed by atoms with Crippen LogP contribution in [0.3, 0.4) is 0 Å². The molecule has 3 saturated heterocycles. The molecule has 0 aromatic heterocycles. The van der Waals surface area contributed by atoms with Gasteiger partial charge < -0.3 is 20.1 Å². The Hall–Kier alpha value is -1.66. The van der Waals surface area contributed by atoms with Gasteiger partial charge in [0.1, 0.15) is 5.82 Å². The lowest BCUT2D eigenvalue weighted by molar-refractivity contribution is 0.0766. The van der Waals surface area contributed by atoms with Gasteiger partial charge in [0.2, 0.25) is 0 Å². The number of rotatable bonds is 4. The quantitative estimate of drug-likeness (QED) is 0.646. The van der Waals surface area contributed by atoms with E-state index < -0.39 is 6.10 Å². The summed E-state index contributed by atoms with van der Waals surface area (Å²) >= 11 is 0. The maximum atomic E-state index is 13.0. The SMILES string of the molecule is CCNC(=NCC(O)c1ccc(F)cc1)N1CC2C3CCC(O3)C2C1. The molecule has 1 aromatic carbocycles. The molecule has 2 bridgehead atoms. The Bertz CT molecular complexity index is 618. The van der Waals surface area contributed by atoms with Crippen LogP contribution in [0.1, 0.15) is 31.4 Å². The van der Waals surface area contributed by atoms with Crippen LogP contribution in [0.5, 0.6) is 0 Å². The van der Waals surface area contributed by atoms with Gasteiger partial charge in [0.05, 0.1) is 24.9 Å². The van der Waals surface area contributed by atoms with E-state index in [0.717, 1.165) is 25.6 Å². The van der Waals surface area contributed by atoms with Crippen molar-refractivity contribution in [3.8, 4) is 0 Å². The highest BCUT2D eigenvalue weighted by molar-refractivity contribution is 5.80. The van der Waals surface area contributed by atoms with Crippen LogP contribution in [0.25, 0.3) is 0 Å². The number of aliphatic hydroxyl groups is 1. The maximum absolute atomic E-state index is 13.0. The van der Waals surface area contributed by atoms with Crippen molar-refractivity contribution in [2.24, 2.45) is 16.8 Å². The number of fused-ring (bicyclic) bond motifs is 5. The predicted molar refractivity (Wildman–Crippen MR) is 93.8 cm³/mol. The average Bonchev–Trinajstić information content (AvgIpc) is 3.31. The van der Waals surface area contributed by atoms with Crippen LogP contribution in [-0.2, 0) is 4.74 Å². The Morgan fingerprint density at radius 1 is 1.28 bits per heavy atom. The van der Waals surface area contributed by atoms with Crippen molar-refractivity contribution in [1.82, 2.24) is 10.2 Å². The highest BCUT2D eigenvalue weighted by atomic mass is 19.1. The van der Waals surface area contributed by atoms with E-state index in [-0.39, 0.29) is 12.4 Å². The molecule has 0 radical (unpaired) electrons. The largest absolute Gasteiger partial charge is 0.386 e. The Morgan fingerprint density at radius 3 is 2.52 bits per heavy atom. The molecule has 136 valence electrons. The molecule has 0 amide bonds. The molecule has 1 aromatic rings. The number of guanidine groups is 1. The third-order valence-electron chi connectivity index (χ3n) is 5.76. The minimum atomic E-state index is -0.726. The number of likely N-dealkylation sites (tertiary alicyclic amines) is 1. The molecule has 5 atom stereocenters. The van der Waals surface area contributed by atoms with E-state index in [1.807, 2.05) is 0 Å². The van der Waals surface area contributed by atoms with Crippen molar-refractivity contribution < 1.29 is 14.2 Å². The normalized spacial score (nSPS) is 32.1. The molecule has 3 aliphatic rings. The monoisotopic (exact) mass is 347 g/mol. The van der Waals surface area contributed by atoms with Crippen molar-refractivity contribution in [2.75, 3.05) is 26.2 Å². The van der Waals surface area contributed by atoms with Gasteiger partial charge in [-0.1, -0.05) is 12.1 Å². The van der Waals surface area contributed by atoms with Gasteiger partial charge in [0.15, 0.2) is 5.96 Å². The summed E-state index contributed by atoms with van der Waals surface area (Å²) in [5.74, 6) is 1.79. The summed E-state index contributed by atoms with van der Waals surface area (Å²) in [5, 5.41) is 13.7. The number of benzene rings is 1. The molecule has 3 fully saturated rings. The van der Waals surface area contributed by atoms with Crippen molar-refractivity contribution in [2.45, 2.75) is 38.1 Å². The molecule has 0 aliphatic carbocycles. The second kappa shape index (κ2) is 6.92. The first-order valence-electron chi connectivity index (χ1n) is 9.28. The number of nitrogens with zero attached hydrogens (tertiary/aromatic N) is 2. The van der Waals surface area contributed by atoms with Crippen molar-refractivity contribution in [3.63, 3.8) is 0 Å². The minimum absolute atomic E-state index is 0.267. The van der Waals surface area contributed by atoms with Crippen LogP contribution in [0.2, 0.25) is 0 Å². The van der Waals surface area contributed by atoms with E-state index in [9.17, 15) is 9.50 Å². The third kappa shape index (κ3) is 3.25. The molecule has 0 saturated carbocycles. The lowest BCUT2D eigenvalue weighted by atomic mass is 9.82. The minimum Gasteiger partial charge on any atom is -0.386 e. The van der Waals surface area contributed by atoms with Gasteiger partial charge in [-0.25, -0.2) is 4.39 Å². The molecule has 5 unspecified atom stereocenters. The fourth-order valence-electron chi connectivity index (χ4n) is 4.52. The van der Waals surface area contributed by atoms with Gasteiger partial charge in [-0.2, -0.15) is 0 Å². The number of halogens is 1. The van der Waals surface area contributed by atoms with Crippen LogP contribution in [0.15, 0.2) is 29.3 Å². The summed E-state index contributed by atoms with van der Waals surface area (Å²) < 4.78 is 19.0. The summed E-state index contributed by atoms with van der Waals surface area (Å²) in [6.07, 6.45) is 2.50. The molecule has 2 N–H and O–H groups in total. The topological polar surface area (TPSA) is 57.1 Å². The number of nitrogens with one attached hydrogen (secondary N) is 1. The molecule has 6 heteroatoms. The van der Waals surface area contributed by atoms with E-state index in [0.29, 0.717) is 29.6 Å². The third-order valence-corrected chi connectivity index (χ3v) is 5.76. The molecular formula is C19H26FN3O2. The van der Waals surface area contributed by atoms with Gasteiger partial charge in [0, 0.05) is 31.5 Å². The molecule has 3 aliphatic heterocycles. The molecule has 5 nitrogen and oxygen atoms in total. The van der Waals surface area contributed by atoms with Gasteiger partial charge in [-0.05, 0) is 37.5 Å². The van der Waals surface area contributed by atoms with Gasteiger partial charge in [0.25, 0.3) is 0 Å². The second-order valence-electron chi connectivity index (χ2n) is 7.29. The Labute approximate surface area is 147 Å². The van der Waals surface area contributed by atoms with Crippen molar-refractivity contribution >= 4 is 5.96 Å². The van der Waals surface area contributed by atoms with Gasteiger partial charge >= 0.3 is 0 Å². The average molecular weight is 347 g/mol. The van der Waals surface area contributed by atoms with Crippen molar-refractivity contribution in [3.05, 3.63) is 35.6 Å². The predicted octanol–water partition coefficient (Wildman–Crippen LogP) is 1.93.